The lowest BCUT2D eigenvalue weighted by atomic mass is 9.83. The first-order chi connectivity index (χ1) is 15.3. The molecule has 164 valence electrons. The summed E-state index contributed by atoms with van der Waals surface area (Å²) >= 11 is 1.59. The van der Waals surface area contributed by atoms with Crippen LogP contribution in [-0.2, 0) is 10.4 Å². The van der Waals surface area contributed by atoms with E-state index in [2.05, 4.69) is 10.3 Å². The largest absolute Gasteiger partial charge is 0.386 e. The first-order valence-electron chi connectivity index (χ1n) is 10.6. The Labute approximate surface area is 190 Å². The van der Waals surface area contributed by atoms with Crippen molar-refractivity contribution in [2.75, 3.05) is 5.32 Å². The molecule has 0 aliphatic heterocycles. The second-order valence-corrected chi connectivity index (χ2v) is 9.81. The number of carbonyl (C=O) groups is 2. The summed E-state index contributed by atoms with van der Waals surface area (Å²) in [5.41, 5.74) is 1.21. The average Bonchev–Trinajstić information content (AvgIpc) is 3.21. The molecule has 2 N–H and O–H groups in total. The predicted molar refractivity (Wildman–Crippen MR) is 123 cm³/mol. The van der Waals surface area contributed by atoms with Crippen molar-refractivity contribution in [3.8, 4) is 6.07 Å². The molecular weight excluding hydrogens is 424 g/mol. The van der Waals surface area contributed by atoms with Crippen LogP contribution in [0.5, 0.6) is 0 Å². The highest BCUT2D eigenvalue weighted by Crippen LogP contribution is 2.40. The molecule has 0 spiro atoms. The number of hydrogen-bond donors (Lipinski definition) is 2. The minimum absolute atomic E-state index is 0.151. The molecule has 0 atom stereocenters. The van der Waals surface area contributed by atoms with Gasteiger partial charge in [0.1, 0.15) is 12.4 Å². The zero-order valence-corrected chi connectivity index (χ0v) is 18.8. The number of hydrogen-bond acceptors (Lipinski definition) is 7. The van der Waals surface area contributed by atoms with Gasteiger partial charge in [-0.1, -0.05) is 0 Å². The molecule has 4 rings (SSSR count). The smallest absolute Gasteiger partial charge is 0.257 e. The Hall–Kier alpha value is -3.15. The first kappa shape index (κ1) is 22.1. The maximum atomic E-state index is 12.8. The number of aldehydes is 1. The van der Waals surface area contributed by atoms with Crippen LogP contribution >= 0.6 is 11.3 Å². The Bertz CT molecular complexity index is 1210. The molecule has 7 nitrogen and oxygen atoms in total. The van der Waals surface area contributed by atoms with Crippen molar-refractivity contribution >= 4 is 39.4 Å². The molecule has 1 amide bonds. The lowest BCUT2D eigenvalue weighted by molar-refractivity contribution is -0.111. The minimum atomic E-state index is -1.20. The van der Waals surface area contributed by atoms with E-state index in [-0.39, 0.29) is 11.5 Å². The van der Waals surface area contributed by atoms with Crippen molar-refractivity contribution < 1.29 is 14.7 Å². The molecule has 0 radical (unpaired) electrons. The fourth-order valence-electron chi connectivity index (χ4n) is 4.10. The van der Waals surface area contributed by atoms with E-state index in [0.717, 1.165) is 47.2 Å². The third kappa shape index (κ3) is 4.54. The summed E-state index contributed by atoms with van der Waals surface area (Å²) in [7, 11) is 0. The second kappa shape index (κ2) is 8.77. The van der Waals surface area contributed by atoms with Gasteiger partial charge in [0.2, 0.25) is 0 Å². The van der Waals surface area contributed by atoms with Gasteiger partial charge in [-0.05, 0) is 57.7 Å². The van der Waals surface area contributed by atoms with Gasteiger partial charge in [-0.3, -0.25) is 9.78 Å². The van der Waals surface area contributed by atoms with E-state index in [9.17, 15) is 14.7 Å². The molecule has 1 fully saturated rings. The summed E-state index contributed by atoms with van der Waals surface area (Å²) in [4.78, 5) is 32.6. The van der Waals surface area contributed by atoms with Crippen molar-refractivity contribution in [1.29, 1.82) is 5.26 Å². The van der Waals surface area contributed by atoms with Crippen molar-refractivity contribution in [2.24, 2.45) is 5.92 Å². The van der Waals surface area contributed by atoms with Crippen molar-refractivity contribution in [3.05, 3.63) is 52.3 Å². The predicted octanol–water partition coefficient (Wildman–Crippen LogP) is 4.52. The molecule has 2 aromatic heterocycles. The zero-order chi connectivity index (χ0) is 22.9. The number of rotatable bonds is 5. The zero-order valence-electron chi connectivity index (χ0n) is 18.0. The summed E-state index contributed by atoms with van der Waals surface area (Å²) < 4.78 is 0.921. The Balaban J connectivity index is 1.67. The Morgan fingerprint density at radius 1 is 1.25 bits per heavy atom. The second-order valence-electron chi connectivity index (χ2n) is 8.75. The van der Waals surface area contributed by atoms with Crippen molar-refractivity contribution in [1.82, 2.24) is 9.97 Å². The van der Waals surface area contributed by atoms with Gasteiger partial charge in [-0.15, -0.1) is 11.3 Å². The minimum Gasteiger partial charge on any atom is -0.386 e. The third-order valence-electron chi connectivity index (χ3n) is 5.89. The summed E-state index contributed by atoms with van der Waals surface area (Å²) in [5, 5.41) is 23.7. The number of anilines is 1. The fraction of sp³-hybridized carbons (Fsp3) is 0.375. The Kier molecular flexibility index (Phi) is 6.04. The number of aliphatic hydroxyl groups is 1. The molecule has 1 saturated carbocycles. The third-order valence-corrected chi connectivity index (χ3v) is 7.08. The molecule has 1 aliphatic carbocycles. The molecule has 8 heteroatoms. The van der Waals surface area contributed by atoms with Gasteiger partial charge in [0, 0.05) is 35.5 Å². The van der Waals surface area contributed by atoms with Crippen LogP contribution in [0.4, 0.5) is 5.69 Å². The molecular formula is C24H24N4O3S. The van der Waals surface area contributed by atoms with E-state index in [1.165, 1.54) is 18.5 Å². The standard InChI is InChI=1S/C24H24N4O3S/c1-24(2,31)18-8-20-21(32-23(28-20)16-5-3-14(13-29)4-6-16)9-19(18)27-22(30)17-7-15(10-25)11-26-12-17/h7-9,11-14,16,31H,3-6H2,1-2H3,(H,27,30). The average molecular weight is 449 g/mol. The number of aromatic nitrogens is 2. The number of amides is 1. The molecule has 32 heavy (non-hydrogen) atoms. The maximum Gasteiger partial charge on any atom is 0.257 e. The highest BCUT2D eigenvalue weighted by atomic mass is 32.1. The van der Waals surface area contributed by atoms with E-state index in [0.29, 0.717) is 22.7 Å². The molecule has 2 heterocycles. The van der Waals surface area contributed by atoms with E-state index >= 15 is 0 Å². The molecule has 1 aromatic carbocycles. The normalized spacial score (nSPS) is 18.8. The van der Waals surface area contributed by atoms with E-state index in [1.807, 2.05) is 18.2 Å². The molecule has 0 bridgehead atoms. The van der Waals surface area contributed by atoms with Crippen LogP contribution in [-0.4, -0.2) is 27.3 Å². The number of carbonyl (C=O) groups excluding carboxylic acids is 2. The monoisotopic (exact) mass is 448 g/mol. The topological polar surface area (TPSA) is 116 Å². The van der Waals surface area contributed by atoms with Gasteiger partial charge >= 0.3 is 0 Å². The van der Waals surface area contributed by atoms with Crippen LogP contribution in [0, 0.1) is 17.2 Å². The molecule has 1 aliphatic rings. The van der Waals surface area contributed by atoms with Crippen LogP contribution in [0.1, 0.15) is 71.9 Å². The lowest BCUT2D eigenvalue weighted by Crippen LogP contribution is -2.21. The van der Waals surface area contributed by atoms with Gasteiger partial charge in [-0.2, -0.15) is 5.26 Å². The van der Waals surface area contributed by atoms with E-state index in [4.69, 9.17) is 10.2 Å². The quantitative estimate of drug-likeness (QED) is 0.555. The maximum absolute atomic E-state index is 12.8. The molecule has 3 aromatic rings. The number of nitrogens with zero attached hydrogens (tertiary/aromatic N) is 3. The van der Waals surface area contributed by atoms with Gasteiger partial charge in [0.05, 0.1) is 32.0 Å². The SMILES string of the molecule is CC(C)(O)c1cc2nc(C3CCC(C=O)CC3)sc2cc1NC(=O)c1cncc(C#N)c1. The fourth-order valence-corrected chi connectivity index (χ4v) is 5.26. The van der Waals surface area contributed by atoms with E-state index in [1.54, 1.807) is 25.2 Å². The summed E-state index contributed by atoms with van der Waals surface area (Å²) in [6, 6.07) is 7.13. The summed E-state index contributed by atoms with van der Waals surface area (Å²) in [6.07, 6.45) is 7.50. The van der Waals surface area contributed by atoms with Crippen LogP contribution < -0.4 is 5.32 Å². The summed E-state index contributed by atoms with van der Waals surface area (Å²) in [5.74, 6) is 0.0710. The molecule has 0 unspecified atom stereocenters. The van der Waals surface area contributed by atoms with Crippen LogP contribution in [0.2, 0.25) is 0 Å². The number of benzene rings is 1. The van der Waals surface area contributed by atoms with Crippen LogP contribution in [0.3, 0.4) is 0 Å². The highest BCUT2D eigenvalue weighted by Gasteiger charge is 2.27. The van der Waals surface area contributed by atoms with Gasteiger partial charge in [-0.25, -0.2) is 4.98 Å². The van der Waals surface area contributed by atoms with Gasteiger partial charge in [0.15, 0.2) is 0 Å². The number of thiazole rings is 1. The van der Waals surface area contributed by atoms with Gasteiger partial charge in [0.25, 0.3) is 5.91 Å². The highest BCUT2D eigenvalue weighted by molar-refractivity contribution is 7.18. The number of nitriles is 1. The van der Waals surface area contributed by atoms with Gasteiger partial charge < -0.3 is 15.2 Å². The van der Waals surface area contributed by atoms with Crippen molar-refractivity contribution in [3.63, 3.8) is 0 Å². The van der Waals surface area contributed by atoms with Crippen LogP contribution in [0.15, 0.2) is 30.6 Å². The summed E-state index contributed by atoms with van der Waals surface area (Å²) in [6.45, 7) is 3.32. The van der Waals surface area contributed by atoms with Crippen LogP contribution in [0.25, 0.3) is 10.2 Å². The number of fused-ring (bicyclic) bond motifs is 1. The lowest BCUT2D eigenvalue weighted by Gasteiger charge is -2.23. The number of nitrogens with one attached hydrogen (secondary N) is 1. The Morgan fingerprint density at radius 2 is 2.00 bits per heavy atom. The molecule has 0 saturated heterocycles. The first-order valence-corrected chi connectivity index (χ1v) is 11.4. The van der Waals surface area contributed by atoms with E-state index < -0.39 is 11.5 Å². The Morgan fingerprint density at radius 3 is 2.66 bits per heavy atom. The number of pyridine rings is 1. The van der Waals surface area contributed by atoms with Crippen molar-refractivity contribution in [2.45, 2.75) is 51.0 Å².